The summed E-state index contributed by atoms with van der Waals surface area (Å²) in [6, 6.07) is 38.1. The lowest BCUT2D eigenvalue weighted by Crippen LogP contribution is -2.29. The van der Waals surface area contributed by atoms with Crippen LogP contribution in [0.2, 0.25) is 13.1 Å². The Morgan fingerprint density at radius 2 is 0.791 bits per heavy atom. The second-order valence-corrected chi connectivity index (χ2v) is 22.4. The minimum absolute atomic E-state index is 0.361. The van der Waals surface area contributed by atoms with E-state index in [-0.39, 0.29) is 9.49 Å². The van der Waals surface area contributed by atoms with Crippen LogP contribution >= 0.6 is 0 Å². The van der Waals surface area contributed by atoms with Crippen molar-refractivity contribution in [1.82, 2.24) is 0 Å². The minimum atomic E-state index is -2.42. The van der Waals surface area contributed by atoms with Crippen LogP contribution in [0.5, 0.6) is 0 Å². The molecule has 2 nitrogen and oxygen atoms in total. The summed E-state index contributed by atoms with van der Waals surface area (Å²) in [7, 11) is -4.72. The van der Waals surface area contributed by atoms with Gasteiger partial charge in [-0.3, -0.25) is 8.42 Å². The van der Waals surface area contributed by atoms with Gasteiger partial charge in [0, 0.05) is 19.3 Å². The van der Waals surface area contributed by atoms with Crippen LogP contribution in [0.15, 0.2) is 119 Å². The molecule has 5 rings (SSSR count). The molecule has 4 aromatic carbocycles. The molecule has 4 aromatic rings. The molecule has 0 aliphatic carbocycles. The summed E-state index contributed by atoms with van der Waals surface area (Å²) in [6.45, 7) is 17.0. The molecule has 0 fully saturated rings. The van der Waals surface area contributed by atoms with Gasteiger partial charge in [-0.2, -0.15) is 0 Å². The van der Waals surface area contributed by atoms with Gasteiger partial charge in [0.1, 0.15) is 8.07 Å². The molecule has 0 aromatic heterocycles. The fraction of sp³-hybridized carbons (Fsp3) is 0.263. The Kier molecular flexibility index (Phi) is 8.56. The molecule has 1 aliphatic heterocycles. The molecule has 0 radical (unpaired) electrons. The van der Waals surface area contributed by atoms with E-state index in [1.54, 1.807) is 0 Å². The van der Waals surface area contributed by atoms with E-state index in [9.17, 15) is 8.42 Å². The van der Waals surface area contributed by atoms with E-state index in [1.165, 1.54) is 32.7 Å². The highest BCUT2D eigenvalue weighted by atomic mass is 32.2. The molecule has 2 atom stereocenters. The molecule has 0 amide bonds. The number of benzene rings is 4. The van der Waals surface area contributed by atoms with E-state index in [4.69, 9.17) is 0 Å². The van der Waals surface area contributed by atoms with Crippen LogP contribution in [0.4, 0.5) is 0 Å². The first kappa shape index (κ1) is 31.3. The van der Waals surface area contributed by atoms with Crippen LogP contribution in [0.1, 0.15) is 63.8 Å². The molecule has 1 aliphatic rings. The molecule has 0 saturated carbocycles. The summed E-state index contributed by atoms with van der Waals surface area (Å²) in [6.07, 6.45) is 0. The maximum absolute atomic E-state index is 13.6. The van der Waals surface area contributed by atoms with E-state index in [0.29, 0.717) is 0 Å². The number of hydrogen-bond acceptors (Lipinski definition) is 2. The van der Waals surface area contributed by atoms with E-state index < -0.39 is 29.7 Å². The zero-order chi connectivity index (χ0) is 31.2. The van der Waals surface area contributed by atoms with Gasteiger partial charge < -0.3 is 0 Å². The van der Waals surface area contributed by atoms with Gasteiger partial charge in [0.15, 0.2) is 0 Å². The molecule has 0 N–H and O–H groups in total. The zero-order valence-corrected chi connectivity index (χ0v) is 29.2. The molecule has 0 bridgehead atoms. The summed E-state index contributed by atoms with van der Waals surface area (Å²) in [5, 5.41) is 2.67. The van der Waals surface area contributed by atoms with Crippen molar-refractivity contribution in [2.75, 3.05) is 0 Å². The second kappa shape index (κ2) is 11.8. The van der Waals surface area contributed by atoms with Crippen molar-refractivity contribution in [2.24, 2.45) is 0 Å². The van der Waals surface area contributed by atoms with Crippen LogP contribution in [0.3, 0.4) is 0 Å². The van der Waals surface area contributed by atoms with Gasteiger partial charge >= 0.3 is 0 Å². The van der Waals surface area contributed by atoms with E-state index in [2.05, 4.69) is 110 Å². The van der Waals surface area contributed by atoms with Crippen LogP contribution in [-0.2, 0) is 21.6 Å². The molecule has 222 valence electrons. The third kappa shape index (κ3) is 6.13. The molecular weight excluding hydrogens is 581 g/mol. The largest absolute Gasteiger partial charge is 0.254 e. The number of allylic oxidation sites excluding steroid dienone is 2. The normalized spacial score (nSPS) is 16.8. The van der Waals surface area contributed by atoms with Gasteiger partial charge in [0.25, 0.3) is 0 Å². The van der Waals surface area contributed by atoms with Gasteiger partial charge in [0.05, 0.1) is 21.6 Å². The maximum Gasteiger partial charge on any atom is 0.115 e. The quantitative estimate of drug-likeness (QED) is 0.201. The number of hydrogen-bond donors (Lipinski definition) is 0. The Labute approximate surface area is 263 Å². The highest BCUT2D eigenvalue weighted by Crippen LogP contribution is 2.55. The van der Waals surface area contributed by atoms with Crippen LogP contribution in [0, 0.1) is 0 Å². The van der Waals surface area contributed by atoms with E-state index in [1.807, 2.05) is 53.7 Å². The molecule has 5 heteroatoms. The highest BCUT2D eigenvalue weighted by molar-refractivity contribution is 7.86. The average Bonchev–Trinajstić information content (AvgIpc) is 3.23. The fourth-order valence-electron chi connectivity index (χ4n) is 6.04. The monoisotopic (exact) mass is 622 g/mol. The Morgan fingerprint density at radius 3 is 1.12 bits per heavy atom. The van der Waals surface area contributed by atoms with Gasteiger partial charge in [-0.1, -0.05) is 98.0 Å². The predicted octanol–water partition coefficient (Wildman–Crippen LogP) is 9.82. The van der Waals surface area contributed by atoms with Crippen LogP contribution in [0.25, 0.3) is 21.5 Å². The van der Waals surface area contributed by atoms with Gasteiger partial charge in [-0.15, -0.1) is 0 Å². The Morgan fingerprint density at radius 1 is 0.465 bits per heavy atom. The van der Waals surface area contributed by atoms with Crippen LogP contribution < -0.4 is 0 Å². The van der Waals surface area contributed by atoms with Crippen molar-refractivity contribution in [3.63, 3.8) is 0 Å². The van der Waals surface area contributed by atoms with Gasteiger partial charge in [-0.05, 0) is 110 Å². The highest BCUT2D eigenvalue weighted by Gasteiger charge is 2.44. The van der Waals surface area contributed by atoms with E-state index >= 15 is 0 Å². The third-order valence-corrected chi connectivity index (χ3v) is 15.1. The lowest BCUT2D eigenvalue weighted by atomic mass is 9.89. The van der Waals surface area contributed by atoms with Crippen molar-refractivity contribution < 1.29 is 8.42 Å². The van der Waals surface area contributed by atoms with Gasteiger partial charge in [0.2, 0.25) is 0 Å². The smallest absolute Gasteiger partial charge is 0.115 e. The van der Waals surface area contributed by atoms with E-state index in [0.717, 1.165) is 20.9 Å². The third-order valence-electron chi connectivity index (χ3n) is 7.91. The topological polar surface area (TPSA) is 34.1 Å². The SMILES string of the molecule is CC(C)(C)S(=O)c1cccc(C2=C(c3ccccc3)C(c3ccccc3)=C(c3cccc(S(=O)C(C)(C)C)c3)[Si]2(C)C)c1. The first-order valence-electron chi connectivity index (χ1n) is 14.9. The van der Waals surface area contributed by atoms with Crippen molar-refractivity contribution >= 4 is 51.2 Å². The first-order valence-corrected chi connectivity index (χ1v) is 20.2. The summed E-state index contributed by atoms with van der Waals surface area (Å²) in [4.78, 5) is 1.71. The lowest BCUT2D eigenvalue weighted by Gasteiger charge is -2.27. The fourth-order valence-corrected chi connectivity index (χ4v) is 12.1. The predicted molar refractivity (Wildman–Crippen MR) is 189 cm³/mol. The Bertz CT molecular complexity index is 1640. The maximum atomic E-state index is 13.6. The molecule has 1 heterocycles. The summed E-state index contributed by atoms with van der Waals surface area (Å²) < 4.78 is 26.4. The van der Waals surface area contributed by atoms with Crippen molar-refractivity contribution in [2.45, 2.75) is 73.9 Å². The Balaban J connectivity index is 1.86. The summed E-state index contributed by atoms with van der Waals surface area (Å²) in [5.41, 5.74) is 7.07. The summed E-state index contributed by atoms with van der Waals surface area (Å²) in [5.74, 6) is 0. The van der Waals surface area contributed by atoms with Gasteiger partial charge in [-0.25, -0.2) is 0 Å². The molecule has 0 spiro atoms. The molecule has 43 heavy (non-hydrogen) atoms. The molecular formula is C38H42O2S2Si. The molecule has 2 unspecified atom stereocenters. The van der Waals surface area contributed by atoms with Crippen molar-refractivity contribution in [3.8, 4) is 0 Å². The number of rotatable bonds is 6. The Hall–Kier alpha value is -3.12. The van der Waals surface area contributed by atoms with Crippen molar-refractivity contribution in [3.05, 3.63) is 131 Å². The van der Waals surface area contributed by atoms with Crippen molar-refractivity contribution in [1.29, 1.82) is 0 Å². The standard InChI is InChI=1S/C38H42O2S2Si/c1-37(2,3)41(39)31-23-15-21-29(25-31)35-33(27-17-11-9-12-18-27)34(28-19-13-10-14-20-28)36(43(35,7)8)30-22-16-24-32(26-30)42(40)38(4,5)6/h9-26H,1-8H3. The van der Waals surface area contributed by atoms with Crippen LogP contribution in [-0.4, -0.2) is 26.0 Å². The second-order valence-electron chi connectivity index (χ2n) is 13.7. The first-order chi connectivity index (χ1) is 20.2. The average molecular weight is 623 g/mol. The molecule has 0 saturated heterocycles. The minimum Gasteiger partial charge on any atom is -0.254 e. The summed E-state index contributed by atoms with van der Waals surface area (Å²) >= 11 is 0. The lowest BCUT2D eigenvalue weighted by molar-refractivity contribution is 0.648. The zero-order valence-electron chi connectivity index (χ0n) is 26.5.